The van der Waals surface area contributed by atoms with Gasteiger partial charge in [-0.3, -0.25) is 0 Å². The average Bonchev–Trinajstić information content (AvgIpc) is 2.23. The zero-order valence-corrected chi connectivity index (χ0v) is 8.06. The molecule has 0 bridgehead atoms. The summed E-state index contributed by atoms with van der Waals surface area (Å²) in [6, 6.07) is 2.22. The Morgan fingerprint density at radius 1 is 1.14 bits per heavy atom. The fourth-order valence-electron chi connectivity index (χ4n) is 1.78. The largest absolute Gasteiger partial charge is 0.393 e. The van der Waals surface area contributed by atoms with E-state index in [9.17, 15) is 5.11 Å². The molecule has 4 heteroatoms. The van der Waals surface area contributed by atoms with Crippen molar-refractivity contribution in [3.63, 3.8) is 0 Å². The van der Waals surface area contributed by atoms with Crippen LogP contribution >= 0.6 is 0 Å². The second kappa shape index (κ2) is 4.37. The van der Waals surface area contributed by atoms with Gasteiger partial charge in [0.25, 0.3) is 0 Å². The van der Waals surface area contributed by atoms with E-state index in [4.69, 9.17) is 0 Å². The molecule has 1 fully saturated rings. The molecule has 14 heavy (non-hydrogen) atoms. The Balaban J connectivity index is 1.87. The first-order chi connectivity index (χ1) is 6.84. The summed E-state index contributed by atoms with van der Waals surface area (Å²) in [5.41, 5.74) is 0. The zero-order chi connectivity index (χ0) is 9.80. The van der Waals surface area contributed by atoms with Crippen LogP contribution in [0.25, 0.3) is 0 Å². The van der Waals surface area contributed by atoms with E-state index >= 15 is 0 Å². The Morgan fingerprint density at radius 3 is 2.43 bits per heavy atom. The third-order valence-corrected chi connectivity index (χ3v) is 2.60. The van der Waals surface area contributed by atoms with Crippen molar-refractivity contribution in [3.8, 4) is 0 Å². The SMILES string of the molecule is OC1CCC(Nc2ncccn2)CC1. The number of anilines is 1. The molecule has 0 saturated heterocycles. The number of aliphatic hydroxyl groups is 1. The number of nitrogens with zero attached hydrogens (tertiary/aromatic N) is 2. The molecule has 0 aliphatic heterocycles. The van der Waals surface area contributed by atoms with Crippen LogP contribution in [-0.2, 0) is 0 Å². The van der Waals surface area contributed by atoms with Crippen LogP contribution in [0.4, 0.5) is 5.95 Å². The molecule has 0 spiro atoms. The first-order valence-corrected chi connectivity index (χ1v) is 5.06. The smallest absolute Gasteiger partial charge is 0.222 e. The zero-order valence-electron chi connectivity index (χ0n) is 8.06. The molecule has 0 unspecified atom stereocenters. The van der Waals surface area contributed by atoms with Gasteiger partial charge in [0.2, 0.25) is 5.95 Å². The van der Waals surface area contributed by atoms with Crippen molar-refractivity contribution in [2.24, 2.45) is 0 Å². The quantitative estimate of drug-likeness (QED) is 0.740. The Hall–Kier alpha value is -1.16. The van der Waals surface area contributed by atoms with Crippen LogP contribution in [0.3, 0.4) is 0 Å². The highest BCUT2D eigenvalue weighted by Crippen LogP contribution is 2.20. The Bertz CT molecular complexity index is 270. The lowest BCUT2D eigenvalue weighted by molar-refractivity contribution is 0.126. The molecule has 4 nitrogen and oxygen atoms in total. The minimum absolute atomic E-state index is 0.107. The van der Waals surface area contributed by atoms with Crippen LogP contribution in [0.1, 0.15) is 25.7 Å². The number of nitrogens with one attached hydrogen (secondary N) is 1. The second-order valence-corrected chi connectivity index (χ2v) is 3.72. The Labute approximate surface area is 83.4 Å². The molecule has 1 aliphatic rings. The number of aliphatic hydroxyl groups excluding tert-OH is 1. The molecule has 0 atom stereocenters. The molecule has 0 amide bonds. The highest BCUT2D eigenvalue weighted by Gasteiger charge is 2.19. The molecule has 1 aromatic heterocycles. The molecule has 76 valence electrons. The van der Waals surface area contributed by atoms with Gasteiger partial charge in [-0.05, 0) is 31.7 Å². The van der Waals surface area contributed by atoms with Crippen molar-refractivity contribution in [2.75, 3.05) is 5.32 Å². The monoisotopic (exact) mass is 193 g/mol. The van der Waals surface area contributed by atoms with E-state index < -0.39 is 0 Å². The molecule has 2 N–H and O–H groups in total. The van der Waals surface area contributed by atoms with Crippen molar-refractivity contribution in [1.82, 2.24) is 9.97 Å². The van der Waals surface area contributed by atoms with E-state index in [1.807, 2.05) is 0 Å². The van der Waals surface area contributed by atoms with Crippen LogP contribution in [0.2, 0.25) is 0 Å². The first kappa shape index (κ1) is 9.40. The van der Waals surface area contributed by atoms with Crippen LogP contribution < -0.4 is 5.32 Å². The van der Waals surface area contributed by atoms with Gasteiger partial charge in [0.05, 0.1) is 6.10 Å². The van der Waals surface area contributed by atoms with Crippen LogP contribution in [0.15, 0.2) is 18.5 Å². The third kappa shape index (κ3) is 2.42. The highest BCUT2D eigenvalue weighted by molar-refractivity contribution is 5.24. The van der Waals surface area contributed by atoms with E-state index in [1.165, 1.54) is 0 Å². The first-order valence-electron chi connectivity index (χ1n) is 5.06. The summed E-state index contributed by atoms with van der Waals surface area (Å²) in [7, 11) is 0. The van der Waals surface area contributed by atoms with E-state index in [0.717, 1.165) is 25.7 Å². The summed E-state index contributed by atoms with van der Waals surface area (Å²) < 4.78 is 0. The van der Waals surface area contributed by atoms with Gasteiger partial charge in [0, 0.05) is 18.4 Å². The van der Waals surface area contributed by atoms with E-state index in [-0.39, 0.29) is 6.10 Å². The molecular weight excluding hydrogens is 178 g/mol. The number of hydrogen-bond acceptors (Lipinski definition) is 4. The molecular formula is C10H15N3O. The molecule has 0 aromatic carbocycles. The van der Waals surface area contributed by atoms with Crippen molar-refractivity contribution in [3.05, 3.63) is 18.5 Å². The van der Waals surface area contributed by atoms with Crippen molar-refractivity contribution >= 4 is 5.95 Å². The molecule has 1 aliphatic carbocycles. The molecule has 1 saturated carbocycles. The lowest BCUT2D eigenvalue weighted by Crippen LogP contribution is -2.28. The molecule has 1 aromatic rings. The Morgan fingerprint density at radius 2 is 1.79 bits per heavy atom. The maximum Gasteiger partial charge on any atom is 0.222 e. The number of rotatable bonds is 2. The van der Waals surface area contributed by atoms with Crippen LogP contribution in [-0.4, -0.2) is 27.2 Å². The lowest BCUT2D eigenvalue weighted by atomic mass is 9.93. The predicted molar refractivity (Wildman–Crippen MR) is 53.9 cm³/mol. The summed E-state index contributed by atoms with van der Waals surface area (Å²) >= 11 is 0. The second-order valence-electron chi connectivity index (χ2n) is 3.72. The maximum absolute atomic E-state index is 9.33. The molecule has 2 rings (SSSR count). The fourth-order valence-corrected chi connectivity index (χ4v) is 1.78. The lowest BCUT2D eigenvalue weighted by Gasteiger charge is -2.25. The van der Waals surface area contributed by atoms with Gasteiger partial charge < -0.3 is 10.4 Å². The van der Waals surface area contributed by atoms with Gasteiger partial charge in [-0.2, -0.15) is 0 Å². The summed E-state index contributed by atoms with van der Waals surface area (Å²) in [6.45, 7) is 0. The molecule has 1 heterocycles. The van der Waals surface area contributed by atoms with Gasteiger partial charge in [-0.25, -0.2) is 9.97 Å². The van der Waals surface area contributed by atoms with Crippen LogP contribution in [0.5, 0.6) is 0 Å². The summed E-state index contributed by atoms with van der Waals surface area (Å²) in [6.07, 6.45) is 7.11. The topological polar surface area (TPSA) is 58.0 Å². The van der Waals surface area contributed by atoms with Gasteiger partial charge in [-0.15, -0.1) is 0 Å². The van der Waals surface area contributed by atoms with Crippen LogP contribution in [0, 0.1) is 0 Å². The highest BCUT2D eigenvalue weighted by atomic mass is 16.3. The van der Waals surface area contributed by atoms with E-state index in [0.29, 0.717) is 12.0 Å². The average molecular weight is 193 g/mol. The van der Waals surface area contributed by atoms with Gasteiger partial charge in [-0.1, -0.05) is 0 Å². The van der Waals surface area contributed by atoms with Crippen molar-refractivity contribution in [1.29, 1.82) is 0 Å². The maximum atomic E-state index is 9.33. The summed E-state index contributed by atoms with van der Waals surface area (Å²) in [5, 5.41) is 12.6. The number of aromatic nitrogens is 2. The Kier molecular flexibility index (Phi) is 2.93. The standard InChI is InChI=1S/C10H15N3O/c14-9-4-2-8(3-5-9)13-10-11-6-1-7-12-10/h1,6-9,14H,2-5H2,(H,11,12,13). The summed E-state index contributed by atoms with van der Waals surface area (Å²) in [5.74, 6) is 0.689. The predicted octanol–water partition coefficient (Wildman–Crippen LogP) is 1.19. The van der Waals surface area contributed by atoms with Gasteiger partial charge >= 0.3 is 0 Å². The third-order valence-electron chi connectivity index (χ3n) is 2.60. The summed E-state index contributed by atoms with van der Waals surface area (Å²) in [4.78, 5) is 8.21. The van der Waals surface area contributed by atoms with Gasteiger partial charge in [0.1, 0.15) is 0 Å². The van der Waals surface area contributed by atoms with E-state index in [2.05, 4.69) is 15.3 Å². The molecule has 0 radical (unpaired) electrons. The minimum atomic E-state index is -0.107. The normalized spacial score (nSPS) is 27.2. The van der Waals surface area contributed by atoms with E-state index in [1.54, 1.807) is 18.5 Å². The van der Waals surface area contributed by atoms with Crippen molar-refractivity contribution < 1.29 is 5.11 Å². The van der Waals surface area contributed by atoms with Gasteiger partial charge in [0.15, 0.2) is 0 Å². The fraction of sp³-hybridized carbons (Fsp3) is 0.600. The minimum Gasteiger partial charge on any atom is -0.393 e. The number of hydrogen-bond donors (Lipinski definition) is 2. The van der Waals surface area contributed by atoms with Crippen molar-refractivity contribution in [2.45, 2.75) is 37.8 Å².